The maximum absolute atomic E-state index is 13.4. The van der Waals surface area contributed by atoms with Crippen molar-refractivity contribution in [3.63, 3.8) is 0 Å². The first-order valence-corrected chi connectivity index (χ1v) is 9.21. The van der Waals surface area contributed by atoms with E-state index in [0.29, 0.717) is 41.1 Å². The Hall–Kier alpha value is -3.20. The van der Waals surface area contributed by atoms with Crippen LogP contribution >= 0.6 is 0 Å². The normalized spacial score (nSPS) is 11.1. The summed E-state index contributed by atoms with van der Waals surface area (Å²) >= 11 is 0. The van der Waals surface area contributed by atoms with Crippen LogP contribution < -0.4 is 10.5 Å². The summed E-state index contributed by atoms with van der Waals surface area (Å²) in [5.41, 5.74) is 7.56. The number of pyridine rings is 1. The lowest BCUT2D eigenvalue weighted by Crippen LogP contribution is -2.08. The van der Waals surface area contributed by atoms with Crippen LogP contribution in [0.3, 0.4) is 0 Å². The fraction of sp³-hybridized carbons (Fsp3) is 0.286. The minimum Gasteiger partial charge on any atom is -0.477 e. The molecule has 158 valence electrons. The fourth-order valence-electron chi connectivity index (χ4n) is 2.96. The predicted octanol–water partition coefficient (Wildman–Crippen LogP) is 4.59. The Morgan fingerprint density at radius 1 is 1.00 bits per heavy atom. The molecule has 0 spiro atoms. The average Bonchev–Trinajstić information content (AvgIpc) is 2.71. The highest BCUT2D eigenvalue weighted by molar-refractivity contribution is 5.85. The van der Waals surface area contributed by atoms with Gasteiger partial charge in [-0.05, 0) is 48.9 Å². The van der Waals surface area contributed by atoms with Crippen LogP contribution in [0.15, 0.2) is 36.4 Å². The Morgan fingerprint density at radius 3 is 2.40 bits per heavy atom. The Kier molecular flexibility index (Phi) is 6.83. The van der Waals surface area contributed by atoms with E-state index in [4.69, 9.17) is 15.2 Å². The van der Waals surface area contributed by atoms with E-state index in [2.05, 4.69) is 15.0 Å². The highest BCUT2D eigenvalue weighted by atomic mass is 19.3. The molecule has 0 radical (unpaired) electrons. The lowest BCUT2D eigenvalue weighted by Gasteiger charge is -2.16. The number of alkyl halides is 2. The second-order valence-corrected chi connectivity index (χ2v) is 6.54. The quantitative estimate of drug-likeness (QED) is 0.539. The van der Waals surface area contributed by atoms with Crippen molar-refractivity contribution in [1.82, 2.24) is 15.0 Å². The number of aromatic nitrogens is 3. The van der Waals surface area contributed by atoms with Gasteiger partial charge in [-0.1, -0.05) is 0 Å². The van der Waals surface area contributed by atoms with Crippen LogP contribution in [0.4, 0.5) is 19.1 Å². The van der Waals surface area contributed by atoms with E-state index < -0.39 is 12.2 Å². The molecule has 1 aromatic carbocycles. The lowest BCUT2D eigenvalue weighted by molar-refractivity contribution is 0.146. The van der Waals surface area contributed by atoms with Crippen molar-refractivity contribution in [3.05, 3.63) is 53.6 Å². The van der Waals surface area contributed by atoms with E-state index in [1.807, 2.05) is 0 Å². The molecular formula is C21H21F3N4O2. The molecule has 30 heavy (non-hydrogen) atoms. The van der Waals surface area contributed by atoms with Crippen LogP contribution in [0.1, 0.15) is 24.2 Å². The Bertz CT molecular complexity index is 1010. The number of nitrogens with zero attached hydrogens (tertiary/aromatic N) is 3. The largest absolute Gasteiger partial charge is 0.477 e. The van der Waals surface area contributed by atoms with Crippen molar-refractivity contribution in [2.45, 2.75) is 19.8 Å². The SMILES string of the molecule is COCCCOc1nc(N)nc(-c2ccc(F)cc2)c1-c1cc(C)nc(C(F)F)c1. The molecule has 6 nitrogen and oxygen atoms in total. The van der Waals surface area contributed by atoms with E-state index in [1.165, 1.54) is 30.3 Å². The van der Waals surface area contributed by atoms with Gasteiger partial charge in [-0.3, -0.25) is 4.98 Å². The standard InChI is InChI=1S/C21H21F3N4O2/c1-12-10-14(11-16(26-12)19(23)24)17-18(13-4-6-15(22)7-5-13)27-21(25)28-20(17)30-9-3-8-29-2/h4-7,10-11,19H,3,8-9H2,1-2H3,(H2,25,27,28). The Labute approximate surface area is 171 Å². The summed E-state index contributed by atoms with van der Waals surface area (Å²) < 4.78 is 51.0. The van der Waals surface area contributed by atoms with Gasteiger partial charge >= 0.3 is 0 Å². The summed E-state index contributed by atoms with van der Waals surface area (Å²) in [5.74, 6) is -0.332. The number of rotatable bonds is 8. The number of hydrogen-bond acceptors (Lipinski definition) is 6. The van der Waals surface area contributed by atoms with Gasteiger partial charge < -0.3 is 15.2 Å². The van der Waals surface area contributed by atoms with Crippen molar-refractivity contribution in [2.75, 3.05) is 26.1 Å². The van der Waals surface area contributed by atoms with Gasteiger partial charge in [-0.2, -0.15) is 4.98 Å². The summed E-state index contributed by atoms with van der Waals surface area (Å²) in [5, 5.41) is 0. The smallest absolute Gasteiger partial charge is 0.280 e. The summed E-state index contributed by atoms with van der Waals surface area (Å²) in [6, 6.07) is 8.50. The first-order chi connectivity index (χ1) is 14.4. The van der Waals surface area contributed by atoms with Crippen LogP contribution in [-0.4, -0.2) is 35.3 Å². The minimum absolute atomic E-state index is 0.0559. The molecule has 2 N–H and O–H groups in total. The number of aryl methyl sites for hydroxylation is 1. The molecule has 2 heterocycles. The zero-order valence-corrected chi connectivity index (χ0v) is 16.5. The molecule has 3 rings (SSSR count). The van der Waals surface area contributed by atoms with Gasteiger partial charge in [0, 0.05) is 31.4 Å². The van der Waals surface area contributed by atoms with Crippen LogP contribution in [-0.2, 0) is 4.74 Å². The highest BCUT2D eigenvalue weighted by Gasteiger charge is 2.21. The monoisotopic (exact) mass is 418 g/mol. The molecule has 0 aliphatic heterocycles. The number of halogens is 3. The minimum atomic E-state index is -2.75. The second-order valence-electron chi connectivity index (χ2n) is 6.54. The zero-order valence-electron chi connectivity index (χ0n) is 16.5. The molecule has 9 heteroatoms. The molecule has 0 aliphatic rings. The van der Waals surface area contributed by atoms with Gasteiger partial charge in [0.1, 0.15) is 11.5 Å². The maximum Gasteiger partial charge on any atom is 0.280 e. The first-order valence-electron chi connectivity index (χ1n) is 9.21. The molecular weight excluding hydrogens is 397 g/mol. The molecule has 0 unspecified atom stereocenters. The van der Waals surface area contributed by atoms with Gasteiger partial charge in [0.25, 0.3) is 6.43 Å². The maximum atomic E-state index is 13.4. The van der Waals surface area contributed by atoms with Crippen molar-refractivity contribution in [3.8, 4) is 28.3 Å². The molecule has 2 aromatic heterocycles. The lowest BCUT2D eigenvalue weighted by atomic mass is 9.99. The third-order valence-corrected chi connectivity index (χ3v) is 4.23. The predicted molar refractivity (Wildman–Crippen MR) is 107 cm³/mol. The third kappa shape index (κ3) is 5.04. The summed E-state index contributed by atoms with van der Waals surface area (Å²) in [4.78, 5) is 12.4. The number of nitrogens with two attached hydrogens (primary N) is 1. The van der Waals surface area contributed by atoms with Crippen molar-refractivity contribution < 1.29 is 22.6 Å². The van der Waals surface area contributed by atoms with Gasteiger partial charge in [0.15, 0.2) is 0 Å². The molecule has 0 saturated heterocycles. The van der Waals surface area contributed by atoms with Crippen LogP contribution in [0, 0.1) is 12.7 Å². The number of anilines is 1. The first kappa shape index (κ1) is 21.5. The average molecular weight is 418 g/mol. The van der Waals surface area contributed by atoms with E-state index in [0.717, 1.165) is 0 Å². The van der Waals surface area contributed by atoms with Crippen molar-refractivity contribution in [1.29, 1.82) is 0 Å². The van der Waals surface area contributed by atoms with Gasteiger partial charge in [-0.25, -0.2) is 18.2 Å². The van der Waals surface area contributed by atoms with Crippen LogP contribution in [0.5, 0.6) is 5.88 Å². The van der Waals surface area contributed by atoms with E-state index >= 15 is 0 Å². The third-order valence-electron chi connectivity index (χ3n) is 4.23. The number of benzene rings is 1. The van der Waals surface area contributed by atoms with E-state index in [9.17, 15) is 13.2 Å². The van der Waals surface area contributed by atoms with Gasteiger partial charge in [0.05, 0.1) is 17.9 Å². The van der Waals surface area contributed by atoms with E-state index in [1.54, 1.807) is 20.1 Å². The van der Waals surface area contributed by atoms with E-state index in [-0.39, 0.29) is 24.1 Å². The van der Waals surface area contributed by atoms with Gasteiger partial charge in [-0.15, -0.1) is 0 Å². The van der Waals surface area contributed by atoms with Crippen molar-refractivity contribution in [2.24, 2.45) is 0 Å². The number of hydrogen-bond donors (Lipinski definition) is 1. The zero-order chi connectivity index (χ0) is 21.7. The van der Waals surface area contributed by atoms with Crippen LogP contribution in [0.2, 0.25) is 0 Å². The Balaban J connectivity index is 2.20. The Morgan fingerprint density at radius 2 is 1.73 bits per heavy atom. The summed E-state index contributed by atoms with van der Waals surface area (Å²) in [7, 11) is 1.58. The topological polar surface area (TPSA) is 83.2 Å². The van der Waals surface area contributed by atoms with Crippen molar-refractivity contribution >= 4 is 5.95 Å². The fourth-order valence-corrected chi connectivity index (χ4v) is 2.96. The highest BCUT2D eigenvalue weighted by Crippen LogP contribution is 2.39. The number of nitrogen functional groups attached to an aromatic ring is 1. The second kappa shape index (κ2) is 9.53. The molecule has 0 bridgehead atoms. The molecule has 0 saturated carbocycles. The molecule has 0 aliphatic carbocycles. The summed E-state index contributed by atoms with van der Waals surface area (Å²) in [6.45, 7) is 2.36. The van der Waals surface area contributed by atoms with Gasteiger partial charge in [0.2, 0.25) is 11.8 Å². The molecule has 0 atom stereocenters. The number of methoxy groups -OCH3 is 1. The molecule has 0 amide bonds. The molecule has 3 aromatic rings. The number of ether oxygens (including phenoxy) is 2. The summed E-state index contributed by atoms with van der Waals surface area (Å²) in [6.07, 6.45) is -2.16. The van der Waals surface area contributed by atoms with Crippen LogP contribution in [0.25, 0.3) is 22.4 Å². The molecule has 0 fully saturated rings.